The van der Waals surface area contributed by atoms with Gasteiger partial charge in [0.2, 0.25) is 0 Å². The molecule has 0 aliphatic rings. The molecule has 0 radical (unpaired) electrons. The summed E-state index contributed by atoms with van der Waals surface area (Å²) in [7, 11) is 0. The van der Waals surface area contributed by atoms with Crippen LogP contribution in [0.3, 0.4) is 0 Å². The van der Waals surface area contributed by atoms with Crippen molar-refractivity contribution < 1.29 is 14.7 Å². The van der Waals surface area contributed by atoms with Crippen molar-refractivity contribution >= 4 is 29.1 Å². The van der Waals surface area contributed by atoms with Gasteiger partial charge in [0.1, 0.15) is 0 Å². The molecule has 2 rings (SSSR count). The van der Waals surface area contributed by atoms with Crippen LogP contribution in [0.25, 0.3) is 0 Å². The van der Waals surface area contributed by atoms with Gasteiger partial charge in [0.05, 0.1) is 17.9 Å². The van der Waals surface area contributed by atoms with Crippen molar-refractivity contribution in [1.29, 1.82) is 0 Å². The lowest BCUT2D eigenvalue weighted by molar-refractivity contribution is 0.0526. The van der Waals surface area contributed by atoms with Gasteiger partial charge >= 0.3 is 5.97 Å². The highest BCUT2D eigenvalue weighted by molar-refractivity contribution is 7.98. The molecule has 0 aromatic heterocycles. The number of nitrogens with zero attached hydrogens (tertiary/aromatic N) is 1. The molecule has 0 atom stereocenters. The van der Waals surface area contributed by atoms with E-state index in [0.29, 0.717) is 17.0 Å². The summed E-state index contributed by atoms with van der Waals surface area (Å²) in [5, 5.41) is 20.4. The van der Waals surface area contributed by atoms with Crippen LogP contribution in [0.1, 0.15) is 22.8 Å². The minimum Gasteiger partial charge on any atom is -0.733 e. The van der Waals surface area contributed by atoms with Gasteiger partial charge in [-0.1, -0.05) is 6.07 Å². The Morgan fingerprint density at radius 1 is 1.30 bits per heavy atom. The van der Waals surface area contributed by atoms with Gasteiger partial charge in [-0.3, -0.25) is 5.21 Å². The fraction of sp³-hybridized carbons (Fsp3) is 0.188. The van der Waals surface area contributed by atoms with E-state index in [1.54, 1.807) is 31.2 Å². The molecular formula is C16H17N2O4S-. The SMILES string of the molecule is CCOC(=O)c1ccc(CSc2ccc(N)cc2)c(N([O-])O)c1. The normalized spacial score (nSPS) is 10.4. The van der Waals surface area contributed by atoms with Crippen LogP contribution in [0.5, 0.6) is 0 Å². The molecule has 23 heavy (non-hydrogen) atoms. The summed E-state index contributed by atoms with van der Waals surface area (Å²) >= 11 is 1.49. The van der Waals surface area contributed by atoms with Gasteiger partial charge < -0.3 is 20.9 Å². The third-order valence-electron chi connectivity index (χ3n) is 3.08. The smallest absolute Gasteiger partial charge is 0.338 e. The maximum atomic E-state index is 11.7. The minimum absolute atomic E-state index is 0.0264. The fourth-order valence-corrected chi connectivity index (χ4v) is 2.83. The second-order valence-electron chi connectivity index (χ2n) is 4.69. The Balaban J connectivity index is 2.17. The number of thioether (sulfide) groups is 1. The van der Waals surface area contributed by atoms with Crippen LogP contribution < -0.4 is 11.0 Å². The van der Waals surface area contributed by atoms with Gasteiger partial charge in [0, 0.05) is 16.3 Å². The molecule has 0 saturated carbocycles. The molecule has 0 aliphatic heterocycles. The average Bonchev–Trinajstić information content (AvgIpc) is 2.54. The number of ether oxygens (including phenoxy) is 1. The molecule has 0 unspecified atom stereocenters. The third-order valence-corrected chi connectivity index (χ3v) is 4.14. The second-order valence-corrected chi connectivity index (χ2v) is 5.74. The van der Waals surface area contributed by atoms with E-state index in [4.69, 9.17) is 10.5 Å². The van der Waals surface area contributed by atoms with Crippen LogP contribution in [0, 0.1) is 5.21 Å². The van der Waals surface area contributed by atoms with Gasteiger partial charge in [0.15, 0.2) is 0 Å². The van der Waals surface area contributed by atoms with Gasteiger partial charge in [-0.15, -0.1) is 11.8 Å². The Hall–Kier alpha value is -2.22. The molecule has 0 saturated heterocycles. The summed E-state index contributed by atoms with van der Waals surface area (Å²) in [5.41, 5.74) is 7.16. The predicted molar refractivity (Wildman–Crippen MR) is 90.4 cm³/mol. The van der Waals surface area contributed by atoms with E-state index in [1.165, 1.54) is 17.8 Å². The zero-order valence-corrected chi connectivity index (χ0v) is 13.4. The topological polar surface area (TPSA) is 98.9 Å². The molecule has 0 amide bonds. The molecule has 3 N–H and O–H groups in total. The number of hydrogen-bond donors (Lipinski definition) is 2. The Morgan fingerprint density at radius 3 is 2.61 bits per heavy atom. The Morgan fingerprint density at radius 2 is 2.00 bits per heavy atom. The highest BCUT2D eigenvalue weighted by Gasteiger charge is 2.11. The van der Waals surface area contributed by atoms with E-state index in [-0.39, 0.29) is 23.1 Å². The molecule has 122 valence electrons. The number of nitrogen functional groups attached to an aromatic ring is 1. The van der Waals surface area contributed by atoms with Crippen molar-refractivity contribution in [3.05, 3.63) is 58.8 Å². The van der Waals surface area contributed by atoms with Crippen molar-refractivity contribution in [2.75, 3.05) is 17.6 Å². The maximum Gasteiger partial charge on any atom is 0.338 e. The molecule has 0 heterocycles. The summed E-state index contributed by atoms with van der Waals surface area (Å²) in [4.78, 5) is 12.7. The number of carbonyl (C=O) groups is 1. The van der Waals surface area contributed by atoms with Crippen LogP contribution in [-0.2, 0) is 10.5 Å². The van der Waals surface area contributed by atoms with E-state index in [0.717, 1.165) is 4.90 Å². The zero-order chi connectivity index (χ0) is 16.8. The van der Waals surface area contributed by atoms with Crippen LogP contribution in [0.15, 0.2) is 47.4 Å². The number of esters is 1. The number of anilines is 2. The first-order valence-corrected chi connectivity index (χ1v) is 7.94. The zero-order valence-electron chi connectivity index (χ0n) is 12.6. The number of rotatable bonds is 6. The molecule has 6 nitrogen and oxygen atoms in total. The maximum absolute atomic E-state index is 11.7. The number of nitrogens with two attached hydrogens (primary N) is 1. The number of hydrogen-bond acceptors (Lipinski definition) is 7. The van der Waals surface area contributed by atoms with Gasteiger partial charge in [-0.25, -0.2) is 4.79 Å². The molecule has 0 aliphatic carbocycles. The lowest BCUT2D eigenvalue weighted by Crippen LogP contribution is -2.12. The van der Waals surface area contributed by atoms with Gasteiger partial charge in [-0.05, 0) is 48.9 Å². The standard InChI is InChI=1S/C16H17N2O4S/c1-2-22-16(19)11-3-4-12(15(9-11)18(20)21)10-23-14-7-5-13(17)6-8-14/h3-9,20H,2,10,17H2,1H3/q-1. The number of benzene rings is 2. The molecule has 0 fully saturated rings. The van der Waals surface area contributed by atoms with Crippen molar-refractivity contribution in [3.8, 4) is 0 Å². The van der Waals surface area contributed by atoms with Crippen molar-refractivity contribution in [2.24, 2.45) is 0 Å². The Kier molecular flexibility index (Phi) is 5.86. The molecule has 2 aromatic carbocycles. The molecule has 7 heteroatoms. The van der Waals surface area contributed by atoms with E-state index in [1.807, 2.05) is 12.1 Å². The molecule has 0 bridgehead atoms. The Labute approximate surface area is 138 Å². The van der Waals surface area contributed by atoms with E-state index < -0.39 is 5.97 Å². The first-order chi connectivity index (χ1) is 11.0. The first-order valence-electron chi connectivity index (χ1n) is 6.95. The fourth-order valence-electron chi connectivity index (χ4n) is 1.93. The van der Waals surface area contributed by atoms with Crippen LogP contribution >= 0.6 is 11.8 Å². The molecular weight excluding hydrogens is 316 g/mol. The quantitative estimate of drug-likeness (QED) is 0.361. The van der Waals surface area contributed by atoms with Gasteiger partial charge in [-0.2, -0.15) is 0 Å². The van der Waals surface area contributed by atoms with E-state index >= 15 is 0 Å². The summed E-state index contributed by atoms with van der Waals surface area (Å²) in [6.45, 7) is 1.94. The lowest BCUT2D eigenvalue weighted by Gasteiger charge is -2.25. The van der Waals surface area contributed by atoms with Crippen molar-refractivity contribution in [1.82, 2.24) is 0 Å². The van der Waals surface area contributed by atoms with Crippen molar-refractivity contribution in [3.63, 3.8) is 0 Å². The van der Waals surface area contributed by atoms with Crippen molar-refractivity contribution in [2.45, 2.75) is 17.6 Å². The Bertz CT molecular complexity index is 674. The summed E-state index contributed by atoms with van der Waals surface area (Å²) in [6.07, 6.45) is 0. The highest BCUT2D eigenvalue weighted by Crippen LogP contribution is 2.29. The van der Waals surface area contributed by atoms with Gasteiger partial charge in [0.25, 0.3) is 0 Å². The van der Waals surface area contributed by atoms with Crippen LogP contribution in [0.4, 0.5) is 11.4 Å². The second kappa shape index (κ2) is 7.87. The third kappa shape index (κ3) is 4.62. The predicted octanol–water partition coefficient (Wildman–Crippen LogP) is 3.43. The lowest BCUT2D eigenvalue weighted by atomic mass is 10.1. The minimum atomic E-state index is -0.534. The summed E-state index contributed by atoms with van der Waals surface area (Å²) in [6, 6.07) is 11.9. The van der Waals surface area contributed by atoms with E-state index in [9.17, 15) is 15.2 Å². The van der Waals surface area contributed by atoms with Crippen LogP contribution in [-0.4, -0.2) is 17.8 Å². The first kappa shape index (κ1) is 17.1. The molecule has 2 aromatic rings. The monoisotopic (exact) mass is 333 g/mol. The number of carbonyl (C=O) groups excluding carboxylic acids is 1. The average molecular weight is 333 g/mol. The largest absolute Gasteiger partial charge is 0.733 e. The summed E-state index contributed by atoms with van der Waals surface area (Å²) in [5.74, 6) is -0.0740. The molecule has 0 spiro atoms. The highest BCUT2D eigenvalue weighted by atomic mass is 32.2. The van der Waals surface area contributed by atoms with E-state index in [2.05, 4.69) is 0 Å². The summed E-state index contributed by atoms with van der Waals surface area (Å²) < 4.78 is 4.88. The van der Waals surface area contributed by atoms with Crippen LogP contribution in [0.2, 0.25) is 0 Å².